The fraction of sp³-hybridized carbons (Fsp3) is 0.267. The Labute approximate surface area is 231 Å². The number of rotatable bonds is 7. The standard InChI is InChI=1S/C30H27ClN4O4/c1-17-11-21(18(2)33-24-9-10-27(31)35-28(24)29(36)37-3)23-13-22(26(14-32)34-25(23)12-17)19-5-7-20(8-6-19)30(38-4)15-39-16-30/h5-13,18,33H,15-16H2,1-4H3. The molecule has 0 radical (unpaired) electrons. The smallest absolute Gasteiger partial charge is 0.358 e. The van der Waals surface area contributed by atoms with Crippen LogP contribution in [0.1, 0.15) is 45.8 Å². The Kier molecular flexibility index (Phi) is 7.23. The van der Waals surface area contributed by atoms with Crippen LogP contribution in [0, 0.1) is 18.3 Å². The molecule has 5 rings (SSSR count). The molecule has 4 aromatic rings. The molecule has 0 spiro atoms. The molecule has 0 bridgehead atoms. The number of methoxy groups -OCH3 is 2. The first kappa shape index (κ1) is 26.6. The molecule has 1 unspecified atom stereocenters. The van der Waals surface area contributed by atoms with E-state index in [0.717, 1.165) is 33.2 Å². The molecule has 198 valence electrons. The van der Waals surface area contributed by atoms with E-state index >= 15 is 0 Å². The molecule has 2 aromatic carbocycles. The van der Waals surface area contributed by atoms with E-state index in [4.69, 9.17) is 30.8 Å². The van der Waals surface area contributed by atoms with Crippen molar-refractivity contribution in [1.82, 2.24) is 9.97 Å². The van der Waals surface area contributed by atoms with Crippen molar-refractivity contribution in [2.24, 2.45) is 0 Å². The maximum atomic E-state index is 12.3. The third kappa shape index (κ3) is 4.92. The van der Waals surface area contributed by atoms with Gasteiger partial charge in [-0.2, -0.15) is 5.26 Å². The van der Waals surface area contributed by atoms with Gasteiger partial charge in [0.05, 0.1) is 31.5 Å². The summed E-state index contributed by atoms with van der Waals surface area (Å²) in [5.74, 6) is -0.587. The van der Waals surface area contributed by atoms with Gasteiger partial charge in [0.1, 0.15) is 22.5 Å². The number of halogens is 1. The lowest BCUT2D eigenvalue weighted by atomic mass is 9.89. The number of hydrogen-bond donors (Lipinski definition) is 1. The number of nitrogens with zero attached hydrogens (tertiary/aromatic N) is 3. The summed E-state index contributed by atoms with van der Waals surface area (Å²) in [7, 11) is 2.98. The van der Waals surface area contributed by atoms with Gasteiger partial charge in [0.2, 0.25) is 0 Å². The van der Waals surface area contributed by atoms with E-state index in [9.17, 15) is 10.1 Å². The number of ether oxygens (including phenoxy) is 3. The van der Waals surface area contributed by atoms with Crippen molar-refractivity contribution < 1.29 is 19.0 Å². The van der Waals surface area contributed by atoms with Crippen LogP contribution in [0.15, 0.2) is 54.6 Å². The minimum Gasteiger partial charge on any atom is -0.464 e. The third-order valence-corrected chi connectivity index (χ3v) is 7.29. The predicted octanol–water partition coefficient (Wildman–Crippen LogP) is 5.96. The van der Waals surface area contributed by atoms with Crippen molar-refractivity contribution in [2.75, 3.05) is 32.8 Å². The normalized spacial score (nSPS) is 14.8. The molecule has 0 aliphatic carbocycles. The molecule has 1 saturated heterocycles. The lowest BCUT2D eigenvalue weighted by Crippen LogP contribution is -2.48. The van der Waals surface area contributed by atoms with Gasteiger partial charge in [-0.3, -0.25) is 0 Å². The molecule has 0 amide bonds. The van der Waals surface area contributed by atoms with E-state index in [-0.39, 0.29) is 16.9 Å². The Hall–Kier alpha value is -4.03. The molecule has 1 fully saturated rings. The zero-order valence-electron chi connectivity index (χ0n) is 22.0. The van der Waals surface area contributed by atoms with Crippen molar-refractivity contribution in [3.05, 3.63) is 87.8 Å². The fourth-order valence-electron chi connectivity index (χ4n) is 4.87. The highest BCUT2D eigenvalue weighted by atomic mass is 35.5. The maximum absolute atomic E-state index is 12.3. The highest BCUT2D eigenvalue weighted by molar-refractivity contribution is 6.29. The second-order valence-corrected chi connectivity index (χ2v) is 9.96. The lowest BCUT2D eigenvalue weighted by molar-refractivity contribution is -0.202. The highest BCUT2D eigenvalue weighted by Crippen LogP contribution is 2.36. The van der Waals surface area contributed by atoms with E-state index in [0.29, 0.717) is 30.1 Å². The number of nitriles is 1. The molecular weight excluding hydrogens is 516 g/mol. The number of anilines is 1. The summed E-state index contributed by atoms with van der Waals surface area (Å²) in [6.45, 7) is 4.99. The van der Waals surface area contributed by atoms with E-state index in [2.05, 4.69) is 22.4 Å². The molecular formula is C30H27ClN4O4. The number of carbonyl (C=O) groups excluding carboxylic acids is 1. The van der Waals surface area contributed by atoms with Gasteiger partial charge >= 0.3 is 5.97 Å². The van der Waals surface area contributed by atoms with Crippen molar-refractivity contribution in [1.29, 1.82) is 5.26 Å². The molecule has 9 heteroatoms. The number of aromatic nitrogens is 2. The zero-order valence-corrected chi connectivity index (χ0v) is 22.8. The number of pyridine rings is 2. The number of hydrogen-bond acceptors (Lipinski definition) is 8. The van der Waals surface area contributed by atoms with Crippen LogP contribution in [0.25, 0.3) is 22.0 Å². The second-order valence-electron chi connectivity index (χ2n) is 9.57. The van der Waals surface area contributed by atoms with Crippen LogP contribution in [0.3, 0.4) is 0 Å². The van der Waals surface area contributed by atoms with Crippen molar-refractivity contribution in [2.45, 2.75) is 25.5 Å². The molecule has 1 aliphatic heterocycles. The quantitative estimate of drug-likeness (QED) is 0.225. The highest BCUT2D eigenvalue weighted by Gasteiger charge is 2.40. The van der Waals surface area contributed by atoms with Crippen molar-refractivity contribution in [3.8, 4) is 17.2 Å². The number of nitrogens with one attached hydrogen (secondary N) is 1. The van der Waals surface area contributed by atoms with Crippen LogP contribution in [0.5, 0.6) is 0 Å². The van der Waals surface area contributed by atoms with Crippen LogP contribution in [-0.2, 0) is 19.8 Å². The summed E-state index contributed by atoms with van der Waals surface area (Å²) >= 11 is 6.03. The number of carbonyl (C=O) groups is 1. The van der Waals surface area contributed by atoms with Gasteiger partial charge in [-0.15, -0.1) is 0 Å². The van der Waals surface area contributed by atoms with Gasteiger partial charge in [-0.05, 0) is 60.4 Å². The summed E-state index contributed by atoms with van der Waals surface area (Å²) in [6, 6.07) is 19.3. The molecule has 8 nitrogen and oxygen atoms in total. The number of aryl methyl sites for hydroxylation is 1. The number of fused-ring (bicyclic) bond motifs is 1. The SMILES string of the molecule is COC(=O)c1nc(Cl)ccc1NC(C)c1cc(C)cc2nc(C#N)c(-c3ccc(C4(OC)COC4)cc3)cc12. The fourth-order valence-corrected chi connectivity index (χ4v) is 5.02. The molecule has 39 heavy (non-hydrogen) atoms. The largest absolute Gasteiger partial charge is 0.464 e. The third-order valence-electron chi connectivity index (χ3n) is 7.08. The van der Waals surface area contributed by atoms with Crippen molar-refractivity contribution in [3.63, 3.8) is 0 Å². The summed E-state index contributed by atoms with van der Waals surface area (Å²) in [4.78, 5) is 21.2. The average molecular weight is 543 g/mol. The maximum Gasteiger partial charge on any atom is 0.358 e. The van der Waals surface area contributed by atoms with Crippen LogP contribution in [-0.4, -0.2) is 43.4 Å². The average Bonchev–Trinajstić information content (AvgIpc) is 2.92. The summed E-state index contributed by atoms with van der Waals surface area (Å²) < 4.78 is 16.0. The van der Waals surface area contributed by atoms with Gasteiger partial charge in [0.15, 0.2) is 5.69 Å². The Balaban J connectivity index is 1.57. The van der Waals surface area contributed by atoms with E-state index in [1.165, 1.54) is 7.11 Å². The van der Waals surface area contributed by atoms with Crippen LogP contribution in [0.2, 0.25) is 5.15 Å². The van der Waals surface area contributed by atoms with Crippen molar-refractivity contribution >= 4 is 34.2 Å². The molecule has 1 atom stereocenters. The topological polar surface area (TPSA) is 106 Å². The first-order chi connectivity index (χ1) is 18.8. The van der Waals surface area contributed by atoms with Gasteiger partial charge in [-0.25, -0.2) is 14.8 Å². The molecule has 3 heterocycles. The second kappa shape index (κ2) is 10.6. The lowest BCUT2D eigenvalue weighted by Gasteiger charge is -2.40. The van der Waals surface area contributed by atoms with Gasteiger partial charge in [0.25, 0.3) is 0 Å². The van der Waals surface area contributed by atoms with Gasteiger partial charge < -0.3 is 19.5 Å². The van der Waals surface area contributed by atoms with E-state index in [1.807, 2.05) is 50.2 Å². The van der Waals surface area contributed by atoms with Crippen LogP contribution < -0.4 is 5.32 Å². The first-order valence-electron chi connectivity index (χ1n) is 12.4. The van der Waals surface area contributed by atoms with Gasteiger partial charge in [-0.1, -0.05) is 41.9 Å². The number of benzene rings is 2. The summed E-state index contributed by atoms with van der Waals surface area (Å²) in [5, 5.41) is 14.4. The zero-order chi connectivity index (χ0) is 27.7. The van der Waals surface area contributed by atoms with E-state index < -0.39 is 11.6 Å². The van der Waals surface area contributed by atoms with Crippen LogP contribution >= 0.6 is 11.6 Å². The summed E-state index contributed by atoms with van der Waals surface area (Å²) in [5.41, 5.74) is 5.81. The molecule has 1 N–H and O–H groups in total. The minimum absolute atomic E-state index is 0.102. The Morgan fingerprint density at radius 2 is 1.87 bits per heavy atom. The van der Waals surface area contributed by atoms with Gasteiger partial charge in [0, 0.05) is 24.1 Å². The first-order valence-corrected chi connectivity index (χ1v) is 12.8. The number of esters is 1. The molecule has 0 saturated carbocycles. The molecule has 2 aromatic heterocycles. The molecule has 1 aliphatic rings. The predicted molar refractivity (Wildman–Crippen MR) is 149 cm³/mol. The Morgan fingerprint density at radius 3 is 2.49 bits per heavy atom. The Bertz CT molecular complexity index is 1610. The monoisotopic (exact) mass is 542 g/mol. The summed E-state index contributed by atoms with van der Waals surface area (Å²) in [6.07, 6.45) is 0. The van der Waals surface area contributed by atoms with E-state index in [1.54, 1.807) is 19.2 Å². The Morgan fingerprint density at radius 1 is 1.13 bits per heavy atom. The van der Waals surface area contributed by atoms with Crippen LogP contribution in [0.4, 0.5) is 5.69 Å². The minimum atomic E-state index is -0.587.